The van der Waals surface area contributed by atoms with E-state index >= 15 is 0 Å². The van der Waals surface area contributed by atoms with Gasteiger partial charge in [-0.2, -0.15) is 0 Å². The molecular formula is C3H7Cl2F2NO2S. The third-order valence-electron chi connectivity index (χ3n) is 0.277. The Bertz CT molecular complexity index is 103. The third kappa shape index (κ3) is 39.6. The van der Waals surface area contributed by atoms with Crippen LogP contribution in [0.1, 0.15) is 0 Å². The predicted molar refractivity (Wildman–Crippen MR) is 43.9 cm³/mol. The van der Waals surface area contributed by atoms with Gasteiger partial charge in [-0.1, -0.05) is 36.0 Å². The summed E-state index contributed by atoms with van der Waals surface area (Å²) in [6, 6.07) is 0. The molecule has 70 valence electrons. The molecular weight excluding hydrogens is 223 g/mol. The zero-order valence-corrected chi connectivity index (χ0v) is 7.78. The van der Waals surface area contributed by atoms with Crippen molar-refractivity contribution < 1.29 is 19.0 Å². The van der Waals surface area contributed by atoms with Crippen LogP contribution < -0.4 is 0 Å². The highest BCUT2D eigenvalue weighted by Crippen LogP contribution is 1.98. The Labute approximate surface area is 78.0 Å². The fourth-order valence-corrected chi connectivity index (χ4v) is 0. The van der Waals surface area contributed by atoms with Crippen LogP contribution in [0.15, 0.2) is 0 Å². The second kappa shape index (κ2) is 10.1. The van der Waals surface area contributed by atoms with E-state index in [-0.39, 0.29) is 4.70 Å². The minimum Gasteiger partial charge on any atom is -0.464 e. The van der Waals surface area contributed by atoms with Crippen molar-refractivity contribution in [2.75, 3.05) is 7.05 Å². The number of amides is 1. The van der Waals surface area contributed by atoms with Gasteiger partial charge in [0.2, 0.25) is 5.09 Å². The Morgan fingerprint density at radius 2 is 1.82 bits per heavy atom. The Kier molecular flexibility index (Phi) is 15.8. The minimum absolute atomic E-state index is 0. The summed E-state index contributed by atoms with van der Waals surface area (Å²) in [5.41, 5.74) is 0. The number of thiol groups is 1. The number of hydrogen-bond acceptors (Lipinski definition) is 2. The third-order valence-corrected chi connectivity index (χ3v) is 0.448. The average molecular weight is 230 g/mol. The Morgan fingerprint density at radius 3 is 1.82 bits per heavy atom. The van der Waals surface area contributed by atoms with Crippen LogP contribution >= 0.6 is 36.0 Å². The number of nitrogens with zero attached hydrogens (tertiary/aromatic N) is 1. The van der Waals surface area contributed by atoms with Crippen LogP contribution in [-0.4, -0.2) is 27.6 Å². The molecule has 1 N–H and O–H groups in total. The highest BCUT2D eigenvalue weighted by molar-refractivity contribution is 7.78. The van der Waals surface area contributed by atoms with E-state index in [2.05, 4.69) is 36.0 Å². The zero-order chi connectivity index (χ0) is 8.73. The molecule has 0 fully saturated rings. The lowest BCUT2D eigenvalue weighted by Gasteiger charge is -1.97. The van der Waals surface area contributed by atoms with Gasteiger partial charge in [-0.15, -0.1) is 0 Å². The molecule has 0 aromatic carbocycles. The first-order chi connectivity index (χ1) is 4.37. The largest absolute Gasteiger partial charge is 0.464 e. The van der Waals surface area contributed by atoms with Gasteiger partial charge in [-0.05, 0) is 0 Å². The molecule has 0 rings (SSSR count). The van der Waals surface area contributed by atoms with Crippen molar-refractivity contribution in [3.63, 3.8) is 0 Å². The quantitative estimate of drug-likeness (QED) is 0.495. The summed E-state index contributed by atoms with van der Waals surface area (Å²) in [6.07, 6.45) is -1.04. The summed E-state index contributed by atoms with van der Waals surface area (Å²) < 4.78 is 11.3. The van der Waals surface area contributed by atoms with Crippen molar-refractivity contribution in [1.29, 1.82) is 0 Å². The lowest BCUT2D eigenvalue weighted by Crippen LogP contribution is -2.11. The lowest BCUT2D eigenvalue weighted by atomic mass is 11.1. The molecule has 0 heterocycles. The van der Waals surface area contributed by atoms with Gasteiger partial charge in [-0.25, -0.2) is 9.18 Å². The normalized spacial score (nSPS) is 7.45. The second-order valence-corrected chi connectivity index (χ2v) is 2.64. The maximum Gasteiger partial charge on any atom is 0.416 e. The van der Waals surface area contributed by atoms with Crippen LogP contribution in [-0.2, 0) is 0 Å². The Morgan fingerprint density at radius 1 is 1.73 bits per heavy atom. The van der Waals surface area contributed by atoms with E-state index in [1.807, 2.05) is 0 Å². The molecule has 0 aliphatic rings. The van der Waals surface area contributed by atoms with Gasteiger partial charge in [0.1, 0.15) is 0 Å². The number of hydrogen-bond donors (Lipinski definition) is 2. The summed E-state index contributed by atoms with van der Waals surface area (Å²) >= 11 is 12.2. The summed E-state index contributed by atoms with van der Waals surface area (Å²) in [6.45, 7) is 0. The fourth-order valence-electron chi connectivity index (χ4n) is 0. The Balaban J connectivity index is -0.000000114. The van der Waals surface area contributed by atoms with E-state index in [0.29, 0.717) is 0 Å². The van der Waals surface area contributed by atoms with Crippen molar-refractivity contribution in [3.8, 4) is 0 Å². The first-order valence-corrected chi connectivity index (χ1v) is 3.23. The van der Waals surface area contributed by atoms with E-state index in [0.717, 1.165) is 4.31 Å². The minimum atomic E-state index is -1.72. The fraction of sp³-hybridized carbons (Fsp3) is 0.667. The number of halogens is 4. The number of alkyl halides is 3. The van der Waals surface area contributed by atoms with E-state index in [9.17, 15) is 9.18 Å². The smallest absolute Gasteiger partial charge is 0.416 e. The molecule has 0 radical (unpaired) electrons. The van der Waals surface area contributed by atoms with Crippen molar-refractivity contribution >= 4 is 42.1 Å². The topological polar surface area (TPSA) is 40.5 Å². The predicted octanol–water partition coefficient (Wildman–Crippen LogP) is 2.31. The molecule has 11 heavy (non-hydrogen) atoms. The van der Waals surface area contributed by atoms with Crippen LogP contribution in [0.2, 0.25) is 0 Å². The summed E-state index contributed by atoms with van der Waals surface area (Å²) in [7, 11) is 1.34. The van der Waals surface area contributed by atoms with Crippen LogP contribution in [0.5, 0.6) is 0 Å². The second-order valence-electron chi connectivity index (χ2n) is 1.05. The molecule has 0 bridgehead atoms. The summed E-state index contributed by atoms with van der Waals surface area (Å²) in [4.78, 5) is 9.55. The number of carboxylic acid groups (broad SMARTS) is 1. The molecule has 0 spiro atoms. The summed E-state index contributed by atoms with van der Waals surface area (Å²) in [5.74, 6) is 0. The van der Waals surface area contributed by atoms with Gasteiger partial charge in [0.25, 0.3) is 0 Å². The molecule has 0 aromatic heterocycles. The first-order valence-electron chi connectivity index (χ1n) is 1.95. The molecule has 0 aliphatic carbocycles. The van der Waals surface area contributed by atoms with Crippen molar-refractivity contribution in [2.45, 2.75) is 5.09 Å². The summed E-state index contributed by atoms with van der Waals surface area (Å²) in [5, 5.41) is 6.12. The molecule has 0 unspecified atom stereocenters. The number of rotatable bonds is 0. The van der Waals surface area contributed by atoms with Crippen molar-refractivity contribution in [3.05, 3.63) is 0 Å². The van der Waals surface area contributed by atoms with Gasteiger partial charge in [0.05, 0.1) is 0 Å². The molecule has 1 amide bonds. The van der Waals surface area contributed by atoms with Crippen LogP contribution in [0.25, 0.3) is 0 Å². The van der Waals surface area contributed by atoms with Gasteiger partial charge in [-0.3, -0.25) is 9.01 Å². The van der Waals surface area contributed by atoms with Gasteiger partial charge in [0, 0.05) is 7.05 Å². The standard InChI is InChI=1S/C2H5NO2S.CHCl2F.FH/c1-3(6)2(4)5;2-1(3)4;/h6H,1H3,(H,4,5);1H;1H. The van der Waals surface area contributed by atoms with Gasteiger partial charge in [0.15, 0.2) is 0 Å². The maximum absolute atomic E-state index is 10.5. The maximum atomic E-state index is 10.5. The van der Waals surface area contributed by atoms with Crippen LogP contribution in [0, 0.1) is 0 Å². The average Bonchev–Trinajstić information content (AvgIpc) is 1.63. The van der Waals surface area contributed by atoms with E-state index in [4.69, 9.17) is 5.11 Å². The van der Waals surface area contributed by atoms with E-state index < -0.39 is 11.2 Å². The van der Waals surface area contributed by atoms with Crippen LogP contribution in [0.3, 0.4) is 0 Å². The van der Waals surface area contributed by atoms with E-state index in [1.165, 1.54) is 7.05 Å². The van der Waals surface area contributed by atoms with Crippen molar-refractivity contribution in [1.82, 2.24) is 4.31 Å². The molecule has 0 saturated heterocycles. The Hall–Kier alpha value is 0.0600. The monoisotopic (exact) mass is 229 g/mol. The van der Waals surface area contributed by atoms with Gasteiger partial charge >= 0.3 is 6.09 Å². The lowest BCUT2D eigenvalue weighted by molar-refractivity contribution is 0.181. The number of carbonyl (C=O) groups is 1. The first kappa shape index (κ1) is 17.2. The van der Waals surface area contributed by atoms with Crippen molar-refractivity contribution in [2.24, 2.45) is 0 Å². The molecule has 0 atom stereocenters. The zero-order valence-electron chi connectivity index (χ0n) is 5.37. The highest BCUT2D eigenvalue weighted by atomic mass is 35.5. The van der Waals surface area contributed by atoms with Crippen LogP contribution in [0.4, 0.5) is 13.9 Å². The highest BCUT2D eigenvalue weighted by Gasteiger charge is 1.93. The molecule has 0 saturated carbocycles. The molecule has 3 nitrogen and oxygen atoms in total. The molecule has 8 heteroatoms. The molecule has 0 aliphatic heterocycles. The van der Waals surface area contributed by atoms with Gasteiger partial charge < -0.3 is 5.11 Å². The molecule has 0 aromatic rings. The SMILES string of the molecule is CN(S)C(=O)O.F.FC(Cl)Cl. The van der Waals surface area contributed by atoms with E-state index in [1.54, 1.807) is 0 Å².